The fourth-order valence-corrected chi connectivity index (χ4v) is 2.13. The number of thioether (sulfide) groups is 1. The first-order chi connectivity index (χ1) is 6.27. The summed E-state index contributed by atoms with van der Waals surface area (Å²) < 4.78 is 0. The van der Waals surface area contributed by atoms with E-state index >= 15 is 0 Å². The summed E-state index contributed by atoms with van der Waals surface area (Å²) in [4.78, 5) is 27.2. The van der Waals surface area contributed by atoms with Crippen LogP contribution in [0.15, 0.2) is 27.6 Å². The van der Waals surface area contributed by atoms with Crippen LogP contribution in [-0.4, -0.2) is 15.7 Å². The maximum absolute atomic E-state index is 11.0. The Morgan fingerprint density at radius 3 is 2.62 bits per heavy atom. The summed E-state index contributed by atoms with van der Waals surface area (Å²) in [6.45, 7) is 6.00. The second kappa shape index (κ2) is 4.13. The van der Waals surface area contributed by atoms with Gasteiger partial charge in [-0.25, -0.2) is 4.79 Å². The Balaban J connectivity index is 0.000000396. The maximum atomic E-state index is 11.0. The summed E-state index contributed by atoms with van der Waals surface area (Å²) in [5.41, 5.74) is 0.117. The van der Waals surface area contributed by atoms with Gasteiger partial charge in [0.1, 0.15) is 0 Å². The van der Waals surface area contributed by atoms with Gasteiger partial charge in [0.25, 0.3) is 5.56 Å². The fraction of sp³-hybridized carbons (Fsp3) is 0.250. The molecule has 2 heterocycles. The van der Waals surface area contributed by atoms with Crippen molar-refractivity contribution in [3.63, 3.8) is 0 Å². The van der Waals surface area contributed by atoms with Gasteiger partial charge in [-0.3, -0.25) is 9.78 Å². The van der Waals surface area contributed by atoms with Crippen molar-refractivity contribution in [3.8, 4) is 0 Å². The van der Waals surface area contributed by atoms with Gasteiger partial charge in [-0.15, -0.1) is 24.9 Å². The third-order valence-corrected chi connectivity index (χ3v) is 2.70. The molecule has 0 saturated carbocycles. The van der Waals surface area contributed by atoms with Crippen LogP contribution in [0.4, 0.5) is 0 Å². The van der Waals surface area contributed by atoms with E-state index < -0.39 is 5.69 Å². The predicted molar refractivity (Wildman–Crippen MR) is 53.4 cm³/mol. The van der Waals surface area contributed by atoms with Crippen molar-refractivity contribution < 1.29 is 0 Å². The molecule has 0 aliphatic carbocycles. The lowest BCUT2D eigenvalue weighted by atomic mass is 10.3. The van der Waals surface area contributed by atoms with Crippen LogP contribution in [-0.2, 0) is 6.42 Å². The average Bonchev–Trinajstić information content (AvgIpc) is 2.55. The van der Waals surface area contributed by atoms with E-state index in [0.717, 1.165) is 17.9 Å². The topological polar surface area (TPSA) is 65.7 Å². The van der Waals surface area contributed by atoms with E-state index in [2.05, 4.69) is 23.1 Å². The van der Waals surface area contributed by atoms with Crippen LogP contribution in [0.25, 0.3) is 0 Å². The molecule has 5 heteroatoms. The van der Waals surface area contributed by atoms with Gasteiger partial charge in [0.15, 0.2) is 0 Å². The number of H-pyrrole nitrogens is 2. The first-order valence-corrected chi connectivity index (χ1v) is 4.74. The van der Waals surface area contributed by atoms with Gasteiger partial charge in [0.05, 0.1) is 4.90 Å². The normalized spacial score (nSPS) is 12.9. The molecule has 2 rings (SSSR count). The van der Waals surface area contributed by atoms with Gasteiger partial charge < -0.3 is 4.98 Å². The number of nitrogens with one attached hydrogen (secondary N) is 2. The van der Waals surface area contributed by atoms with Crippen molar-refractivity contribution in [2.75, 3.05) is 5.75 Å². The molecule has 0 saturated heterocycles. The zero-order valence-electron chi connectivity index (χ0n) is 7.05. The molecule has 0 aromatic carbocycles. The molecule has 4 nitrogen and oxygen atoms in total. The molecule has 1 aromatic rings. The van der Waals surface area contributed by atoms with Crippen LogP contribution in [0.1, 0.15) is 5.69 Å². The summed E-state index contributed by atoms with van der Waals surface area (Å²) in [6.07, 6.45) is 0.791. The fourth-order valence-electron chi connectivity index (χ4n) is 1.11. The molecule has 0 atom stereocenters. The molecule has 2 N–H and O–H groups in total. The minimum Gasteiger partial charge on any atom is -0.310 e. The molecule has 0 unspecified atom stereocenters. The molecule has 0 spiro atoms. The number of fused-ring (bicyclic) bond motifs is 1. The van der Waals surface area contributed by atoms with Crippen molar-refractivity contribution in [1.29, 1.82) is 0 Å². The largest absolute Gasteiger partial charge is 0.325 e. The second-order valence-corrected chi connectivity index (χ2v) is 3.42. The number of aryl methyl sites for hydroxylation is 1. The van der Waals surface area contributed by atoms with Gasteiger partial charge in [-0.2, -0.15) is 0 Å². The van der Waals surface area contributed by atoms with E-state index in [4.69, 9.17) is 0 Å². The number of hydrogen-bond donors (Lipinski definition) is 2. The van der Waals surface area contributed by atoms with E-state index in [9.17, 15) is 9.59 Å². The Hall–Kier alpha value is -1.23. The number of rotatable bonds is 0. The maximum Gasteiger partial charge on any atom is 0.325 e. The highest BCUT2D eigenvalue weighted by molar-refractivity contribution is 7.99. The Kier molecular flexibility index (Phi) is 3.13. The van der Waals surface area contributed by atoms with Crippen molar-refractivity contribution in [1.82, 2.24) is 9.97 Å². The van der Waals surface area contributed by atoms with Crippen molar-refractivity contribution in [2.24, 2.45) is 0 Å². The summed E-state index contributed by atoms with van der Waals surface area (Å²) in [5.74, 6) is 0.887. The third-order valence-electron chi connectivity index (χ3n) is 1.57. The molecule has 0 amide bonds. The number of aromatic nitrogens is 2. The first-order valence-electron chi connectivity index (χ1n) is 3.75. The highest BCUT2D eigenvalue weighted by Gasteiger charge is 2.15. The Morgan fingerprint density at radius 1 is 1.23 bits per heavy atom. The molecule has 0 radical (unpaired) electrons. The van der Waals surface area contributed by atoms with E-state index in [0.29, 0.717) is 4.90 Å². The van der Waals surface area contributed by atoms with Crippen molar-refractivity contribution >= 4 is 11.8 Å². The predicted octanol–water partition coefficient (Wildman–Crippen LogP) is 0.514. The van der Waals surface area contributed by atoms with E-state index in [1.54, 1.807) is 0 Å². The van der Waals surface area contributed by atoms with Gasteiger partial charge >= 0.3 is 5.69 Å². The molecule has 0 bridgehead atoms. The molecular weight excluding hydrogens is 188 g/mol. The Bertz CT molecular complexity index is 407. The molecule has 1 aromatic heterocycles. The second-order valence-electron chi connectivity index (χ2n) is 2.31. The lowest BCUT2D eigenvalue weighted by Gasteiger charge is -1.92. The molecule has 13 heavy (non-hydrogen) atoms. The van der Waals surface area contributed by atoms with E-state index in [1.807, 2.05) is 0 Å². The van der Waals surface area contributed by atoms with Gasteiger partial charge in [0.2, 0.25) is 0 Å². The molecule has 70 valence electrons. The SMILES string of the molecule is C=C.O=c1[nH]c2c(c(=O)[nH]1)SCC2. The molecule has 1 aliphatic rings. The van der Waals surface area contributed by atoms with Crippen LogP contribution in [0.3, 0.4) is 0 Å². The zero-order chi connectivity index (χ0) is 9.84. The highest BCUT2D eigenvalue weighted by atomic mass is 32.2. The number of hydrogen-bond acceptors (Lipinski definition) is 3. The van der Waals surface area contributed by atoms with Crippen LogP contribution in [0.5, 0.6) is 0 Å². The Morgan fingerprint density at radius 2 is 1.92 bits per heavy atom. The summed E-state index contributed by atoms with van der Waals surface area (Å²) >= 11 is 1.49. The van der Waals surface area contributed by atoms with Gasteiger partial charge in [0, 0.05) is 11.4 Å². The lowest BCUT2D eigenvalue weighted by molar-refractivity contribution is 0.902. The van der Waals surface area contributed by atoms with Crippen LogP contribution in [0, 0.1) is 0 Å². The minimum atomic E-state index is -0.406. The van der Waals surface area contributed by atoms with Gasteiger partial charge in [-0.1, -0.05) is 0 Å². The monoisotopic (exact) mass is 198 g/mol. The standard InChI is InChI=1S/C6H6N2O2S.C2H4/c9-5-4-3(1-2-11-4)7-6(10)8-5;1-2/h1-2H2,(H2,7,8,9,10);1-2H2. The Labute approximate surface area is 79.1 Å². The average molecular weight is 198 g/mol. The quantitative estimate of drug-likeness (QED) is 0.597. The highest BCUT2D eigenvalue weighted by Crippen LogP contribution is 2.24. The van der Waals surface area contributed by atoms with Gasteiger partial charge in [-0.05, 0) is 6.42 Å². The van der Waals surface area contributed by atoms with E-state index in [1.165, 1.54) is 11.8 Å². The van der Waals surface area contributed by atoms with Crippen LogP contribution in [0.2, 0.25) is 0 Å². The van der Waals surface area contributed by atoms with E-state index in [-0.39, 0.29) is 5.56 Å². The summed E-state index contributed by atoms with van der Waals surface area (Å²) in [5, 5.41) is 0. The molecular formula is C8H10N2O2S. The third kappa shape index (κ3) is 1.92. The lowest BCUT2D eigenvalue weighted by Crippen LogP contribution is -2.24. The molecule has 0 fully saturated rings. The smallest absolute Gasteiger partial charge is 0.310 e. The summed E-state index contributed by atoms with van der Waals surface area (Å²) in [7, 11) is 0. The molecule has 1 aliphatic heterocycles. The van der Waals surface area contributed by atoms with Crippen molar-refractivity contribution in [2.45, 2.75) is 11.3 Å². The number of aromatic amines is 2. The zero-order valence-corrected chi connectivity index (χ0v) is 7.87. The first kappa shape index (κ1) is 9.85. The van der Waals surface area contributed by atoms with Crippen LogP contribution < -0.4 is 11.2 Å². The van der Waals surface area contributed by atoms with Crippen molar-refractivity contribution in [3.05, 3.63) is 39.7 Å². The minimum absolute atomic E-state index is 0.258. The summed E-state index contributed by atoms with van der Waals surface area (Å²) in [6, 6.07) is 0. The van der Waals surface area contributed by atoms with Crippen LogP contribution >= 0.6 is 11.8 Å².